The average molecular weight is 278 g/mol. The monoisotopic (exact) mass is 278 g/mol. The van der Waals surface area contributed by atoms with E-state index in [2.05, 4.69) is 17.3 Å². The molecule has 0 aromatic carbocycles. The number of hydrogen-bond acceptors (Lipinski definition) is 3. The van der Waals surface area contributed by atoms with Gasteiger partial charge in [0.2, 0.25) is 5.91 Å². The molecule has 20 heavy (non-hydrogen) atoms. The van der Waals surface area contributed by atoms with Gasteiger partial charge in [0.25, 0.3) is 5.91 Å². The molecule has 0 aliphatic carbocycles. The van der Waals surface area contributed by atoms with Crippen LogP contribution in [0.1, 0.15) is 35.9 Å². The van der Waals surface area contributed by atoms with E-state index in [1.54, 1.807) is 13.1 Å². The number of amides is 2. The van der Waals surface area contributed by atoms with E-state index in [4.69, 9.17) is 0 Å². The molecule has 1 aliphatic rings. The van der Waals surface area contributed by atoms with Crippen molar-refractivity contribution in [2.45, 2.75) is 26.7 Å². The van der Waals surface area contributed by atoms with E-state index in [-0.39, 0.29) is 18.4 Å². The van der Waals surface area contributed by atoms with Gasteiger partial charge < -0.3 is 10.2 Å². The second kappa shape index (κ2) is 6.07. The predicted octanol–water partition coefficient (Wildman–Crippen LogP) is 0.717. The fourth-order valence-corrected chi connectivity index (χ4v) is 2.60. The molecule has 110 valence electrons. The summed E-state index contributed by atoms with van der Waals surface area (Å²) in [5.41, 5.74) is 1.26. The van der Waals surface area contributed by atoms with Crippen LogP contribution < -0.4 is 5.32 Å². The Hall–Kier alpha value is -1.85. The molecule has 1 aromatic rings. The fourth-order valence-electron chi connectivity index (χ4n) is 2.60. The van der Waals surface area contributed by atoms with Crippen molar-refractivity contribution in [3.8, 4) is 0 Å². The summed E-state index contributed by atoms with van der Waals surface area (Å²) in [6, 6.07) is 1.71. The number of carbonyl (C=O) groups excluding carboxylic acids is 2. The first kappa shape index (κ1) is 14.6. The molecule has 2 rings (SSSR count). The molecule has 1 aromatic heterocycles. The Labute approximate surface area is 119 Å². The lowest BCUT2D eigenvalue weighted by molar-refractivity contribution is -0.131. The van der Waals surface area contributed by atoms with E-state index in [0.29, 0.717) is 11.6 Å². The molecule has 1 saturated heterocycles. The van der Waals surface area contributed by atoms with Gasteiger partial charge in [-0.15, -0.1) is 0 Å². The molecule has 0 saturated carbocycles. The van der Waals surface area contributed by atoms with Gasteiger partial charge in [0.15, 0.2) is 0 Å². The van der Waals surface area contributed by atoms with Crippen molar-refractivity contribution in [1.82, 2.24) is 20.0 Å². The van der Waals surface area contributed by atoms with E-state index < -0.39 is 0 Å². The first-order valence-electron chi connectivity index (χ1n) is 7.04. The Morgan fingerprint density at radius 2 is 2.25 bits per heavy atom. The molecule has 6 heteroatoms. The molecular formula is C14H22N4O2. The van der Waals surface area contributed by atoms with E-state index in [1.165, 1.54) is 11.1 Å². The Morgan fingerprint density at radius 1 is 1.50 bits per heavy atom. The summed E-state index contributed by atoms with van der Waals surface area (Å²) >= 11 is 0. The van der Waals surface area contributed by atoms with Crippen molar-refractivity contribution in [1.29, 1.82) is 0 Å². The Morgan fingerprint density at radius 3 is 2.85 bits per heavy atom. The van der Waals surface area contributed by atoms with E-state index in [9.17, 15) is 9.59 Å². The topological polar surface area (TPSA) is 67.2 Å². The quantitative estimate of drug-likeness (QED) is 0.885. The summed E-state index contributed by atoms with van der Waals surface area (Å²) in [7, 11) is 1.72. The van der Waals surface area contributed by atoms with Gasteiger partial charge in [-0.05, 0) is 31.7 Å². The molecule has 0 radical (unpaired) electrons. The number of likely N-dealkylation sites (tertiary alicyclic amines) is 1. The molecule has 0 bridgehead atoms. The summed E-state index contributed by atoms with van der Waals surface area (Å²) in [5, 5.41) is 6.79. The van der Waals surface area contributed by atoms with Crippen LogP contribution in [-0.2, 0) is 11.8 Å². The molecule has 2 heterocycles. The first-order chi connectivity index (χ1) is 9.47. The van der Waals surface area contributed by atoms with Gasteiger partial charge >= 0.3 is 0 Å². The fraction of sp³-hybridized carbons (Fsp3) is 0.643. The maximum atomic E-state index is 12.1. The maximum Gasteiger partial charge on any atom is 0.269 e. The van der Waals surface area contributed by atoms with Gasteiger partial charge in [-0.25, -0.2) is 0 Å². The summed E-state index contributed by atoms with van der Waals surface area (Å²) in [4.78, 5) is 25.9. The highest BCUT2D eigenvalue weighted by Gasteiger charge is 2.21. The molecule has 1 fully saturated rings. The predicted molar refractivity (Wildman–Crippen MR) is 75.3 cm³/mol. The van der Waals surface area contributed by atoms with E-state index >= 15 is 0 Å². The van der Waals surface area contributed by atoms with Crippen molar-refractivity contribution < 1.29 is 9.59 Å². The van der Waals surface area contributed by atoms with Gasteiger partial charge in [-0.3, -0.25) is 14.3 Å². The molecule has 1 N–H and O–H groups in total. The smallest absolute Gasteiger partial charge is 0.269 e. The van der Waals surface area contributed by atoms with Crippen LogP contribution in [-0.4, -0.2) is 46.1 Å². The Kier molecular flexibility index (Phi) is 4.42. The summed E-state index contributed by atoms with van der Waals surface area (Å²) in [5.74, 6) is 0.276. The van der Waals surface area contributed by atoms with Crippen LogP contribution in [0.3, 0.4) is 0 Å². The summed E-state index contributed by atoms with van der Waals surface area (Å²) < 4.78 is 1.53. The van der Waals surface area contributed by atoms with Gasteiger partial charge in [0, 0.05) is 20.1 Å². The number of piperidine rings is 1. The van der Waals surface area contributed by atoms with Crippen LogP contribution in [0.4, 0.5) is 0 Å². The van der Waals surface area contributed by atoms with Crippen molar-refractivity contribution >= 4 is 11.8 Å². The zero-order valence-electron chi connectivity index (χ0n) is 12.3. The van der Waals surface area contributed by atoms with Crippen LogP contribution in [0.25, 0.3) is 0 Å². The molecule has 1 aliphatic heterocycles. The van der Waals surface area contributed by atoms with Crippen molar-refractivity contribution in [3.63, 3.8) is 0 Å². The minimum Gasteiger partial charge on any atom is -0.342 e. The normalized spacial score (nSPS) is 18.9. The Bertz CT molecular complexity index is 509. The highest BCUT2D eigenvalue weighted by molar-refractivity contribution is 5.95. The standard InChI is InChI=1S/C14H22N4O2/c1-10-5-4-6-18(9-10)13(19)8-15-14(20)12-7-11(2)16-17(12)3/h7,10H,4-6,8-9H2,1-3H3,(H,15,20)/t10-/m1/s1. The minimum absolute atomic E-state index is 0.0104. The van der Waals surface area contributed by atoms with Crippen LogP contribution in [0.5, 0.6) is 0 Å². The number of nitrogens with one attached hydrogen (secondary N) is 1. The molecule has 2 amide bonds. The third-order valence-corrected chi connectivity index (χ3v) is 3.64. The molecular weight excluding hydrogens is 256 g/mol. The average Bonchev–Trinajstić information content (AvgIpc) is 2.74. The van der Waals surface area contributed by atoms with Crippen molar-refractivity contribution in [2.75, 3.05) is 19.6 Å². The van der Waals surface area contributed by atoms with Crippen LogP contribution in [0.2, 0.25) is 0 Å². The molecule has 6 nitrogen and oxygen atoms in total. The summed E-state index contributed by atoms with van der Waals surface area (Å²) in [6.45, 7) is 5.62. The first-order valence-corrected chi connectivity index (χ1v) is 7.04. The van der Waals surface area contributed by atoms with Gasteiger partial charge in [0.05, 0.1) is 12.2 Å². The van der Waals surface area contributed by atoms with E-state index in [1.807, 2.05) is 11.8 Å². The number of rotatable bonds is 3. The zero-order chi connectivity index (χ0) is 14.7. The minimum atomic E-state index is -0.258. The number of carbonyl (C=O) groups is 2. The third kappa shape index (κ3) is 3.37. The number of hydrogen-bond donors (Lipinski definition) is 1. The highest BCUT2D eigenvalue weighted by Crippen LogP contribution is 2.15. The molecule has 0 unspecified atom stereocenters. The highest BCUT2D eigenvalue weighted by atomic mass is 16.2. The van der Waals surface area contributed by atoms with Crippen LogP contribution >= 0.6 is 0 Å². The van der Waals surface area contributed by atoms with Crippen LogP contribution in [0.15, 0.2) is 6.07 Å². The molecule has 1 atom stereocenters. The maximum absolute atomic E-state index is 12.1. The number of nitrogens with zero attached hydrogens (tertiary/aromatic N) is 3. The largest absolute Gasteiger partial charge is 0.342 e. The van der Waals surface area contributed by atoms with Gasteiger partial charge in [-0.1, -0.05) is 6.92 Å². The van der Waals surface area contributed by atoms with E-state index in [0.717, 1.165) is 25.2 Å². The second-order valence-electron chi connectivity index (χ2n) is 5.56. The zero-order valence-corrected chi connectivity index (χ0v) is 12.3. The lowest BCUT2D eigenvalue weighted by atomic mass is 10.0. The summed E-state index contributed by atoms with van der Waals surface area (Å²) in [6.07, 6.45) is 2.21. The van der Waals surface area contributed by atoms with Gasteiger partial charge in [0.1, 0.15) is 5.69 Å². The lowest BCUT2D eigenvalue weighted by Crippen LogP contribution is -2.44. The van der Waals surface area contributed by atoms with Crippen LogP contribution in [0, 0.1) is 12.8 Å². The SMILES string of the molecule is Cc1cc(C(=O)NCC(=O)N2CCC[C@@H](C)C2)n(C)n1. The third-order valence-electron chi connectivity index (χ3n) is 3.64. The van der Waals surface area contributed by atoms with Gasteiger partial charge in [-0.2, -0.15) is 5.10 Å². The van der Waals surface area contributed by atoms with Crippen molar-refractivity contribution in [2.24, 2.45) is 13.0 Å². The number of aryl methyl sites for hydroxylation is 2. The Balaban J connectivity index is 1.87. The lowest BCUT2D eigenvalue weighted by Gasteiger charge is -2.31. The second-order valence-corrected chi connectivity index (χ2v) is 5.56. The number of aromatic nitrogens is 2. The molecule has 0 spiro atoms. The van der Waals surface area contributed by atoms with Crippen molar-refractivity contribution in [3.05, 3.63) is 17.5 Å².